The molecule has 0 fully saturated rings. The molecule has 4 heteroatoms. The molecule has 2 nitrogen and oxygen atoms in total. The molecule has 0 spiro atoms. The Bertz CT molecular complexity index is 653. The van der Waals surface area contributed by atoms with Gasteiger partial charge in [0.15, 0.2) is 5.11 Å². The Balaban J connectivity index is 2.11. The van der Waals surface area contributed by atoms with Gasteiger partial charge in [0.05, 0.1) is 5.69 Å². The first-order valence-corrected chi connectivity index (χ1v) is 6.78. The summed E-state index contributed by atoms with van der Waals surface area (Å²) in [4.78, 5) is 0. The average molecular weight is 288 g/mol. The minimum Gasteiger partial charge on any atom is -0.332 e. The minimum absolute atomic E-state index is 0.319. The van der Waals surface area contributed by atoms with Crippen LogP contribution in [0.25, 0.3) is 0 Å². The van der Waals surface area contributed by atoms with Gasteiger partial charge in [-0.3, -0.25) is 0 Å². The SMILES string of the molecule is Cc1ccc(NC(=S)Nc2cc(C)ccc2F)c(C)c1. The molecule has 0 aromatic heterocycles. The Morgan fingerprint density at radius 2 is 1.50 bits per heavy atom. The number of aryl methyl sites for hydroxylation is 3. The lowest BCUT2D eigenvalue weighted by molar-refractivity contribution is 0.632. The smallest absolute Gasteiger partial charge is 0.175 e. The number of nitrogens with one attached hydrogen (secondary N) is 2. The van der Waals surface area contributed by atoms with Crippen molar-refractivity contribution in [3.8, 4) is 0 Å². The van der Waals surface area contributed by atoms with Crippen molar-refractivity contribution in [2.45, 2.75) is 20.8 Å². The van der Waals surface area contributed by atoms with E-state index in [4.69, 9.17) is 12.2 Å². The molecule has 2 N–H and O–H groups in total. The number of halogens is 1. The zero-order chi connectivity index (χ0) is 14.7. The van der Waals surface area contributed by atoms with Crippen LogP contribution in [0, 0.1) is 26.6 Å². The van der Waals surface area contributed by atoms with Crippen LogP contribution in [-0.2, 0) is 0 Å². The molecule has 0 aliphatic carbocycles. The molecule has 0 aliphatic rings. The fourth-order valence-electron chi connectivity index (χ4n) is 1.96. The third-order valence-electron chi connectivity index (χ3n) is 3.00. The zero-order valence-electron chi connectivity index (χ0n) is 11.8. The van der Waals surface area contributed by atoms with E-state index in [1.807, 2.05) is 32.9 Å². The molecule has 2 aromatic rings. The Morgan fingerprint density at radius 3 is 2.20 bits per heavy atom. The van der Waals surface area contributed by atoms with E-state index in [0.717, 1.165) is 16.8 Å². The maximum Gasteiger partial charge on any atom is 0.175 e. The van der Waals surface area contributed by atoms with Crippen LogP contribution in [0.3, 0.4) is 0 Å². The second-order valence-electron chi connectivity index (χ2n) is 4.88. The molecule has 0 unspecified atom stereocenters. The first kappa shape index (κ1) is 14.5. The fraction of sp³-hybridized carbons (Fsp3) is 0.188. The van der Waals surface area contributed by atoms with E-state index in [-0.39, 0.29) is 5.82 Å². The zero-order valence-corrected chi connectivity index (χ0v) is 12.6. The van der Waals surface area contributed by atoms with Crippen molar-refractivity contribution in [2.24, 2.45) is 0 Å². The van der Waals surface area contributed by atoms with Gasteiger partial charge in [0, 0.05) is 5.69 Å². The number of thiocarbonyl (C=S) groups is 1. The van der Waals surface area contributed by atoms with Crippen molar-refractivity contribution < 1.29 is 4.39 Å². The molecule has 0 heterocycles. The second kappa shape index (κ2) is 6.01. The highest BCUT2D eigenvalue weighted by molar-refractivity contribution is 7.80. The quantitative estimate of drug-likeness (QED) is 0.792. The summed E-state index contributed by atoms with van der Waals surface area (Å²) in [5.74, 6) is -0.319. The van der Waals surface area contributed by atoms with Gasteiger partial charge in [0.1, 0.15) is 5.82 Å². The van der Waals surface area contributed by atoms with Crippen LogP contribution in [0.2, 0.25) is 0 Å². The third kappa shape index (κ3) is 3.54. The van der Waals surface area contributed by atoms with Crippen molar-refractivity contribution in [1.29, 1.82) is 0 Å². The summed E-state index contributed by atoms with van der Waals surface area (Å²) in [5.41, 5.74) is 4.56. The third-order valence-corrected chi connectivity index (χ3v) is 3.20. The van der Waals surface area contributed by atoms with E-state index in [1.54, 1.807) is 12.1 Å². The summed E-state index contributed by atoms with van der Waals surface area (Å²) in [5, 5.41) is 6.35. The molecule has 2 rings (SSSR count). The van der Waals surface area contributed by atoms with E-state index in [9.17, 15) is 4.39 Å². The molecule has 0 radical (unpaired) electrons. The Labute approximate surface area is 124 Å². The largest absolute Gasteiger partial charge is 0.332 e. The number of hydrogen-bond acceptors (Lipinski definition) is 1. The van der Waals surface area contributed by atoms with Crippen LogP contribution in [0.5, 0.6) is 0 Å². The highest BCUT2D eigenvalue weighted by Gasteiger charge is 2.06. The predicted octanol–water partition coefficient (Wildman–Crippen LogP) is 4.56. The van der Waals surface area contributed by atoms with Gasteiger partial charge in [-0.15, -0.1) is 0 Å². The van der Waals surface area contributed by atoms with Gasteiger partial charge in [-0.2, -0.15) is 0 Å². The molecule has 2 aromatic carbocycles. The first-order chi connectivity index (χ1) is 9.45. The topological polar surface area (TPSA) is 24.1 Å². The number of anilines is 2. The first-order valence-electron chi connectivity index (χ1n) is 6.37. The van der Waals surface area contributed by atoms with Crippen molar-refractivity contribution in [3.05, 3.63) is 58.9 Å². The monoisotopic (exact) mass is 288 g/mol. The number of benzene rings is 2. The summed E-state index contributed by atoms with van der Waals surface area (Å²) in [6.45, 7) is 5.95. The molecule has 104 valence electrons. The Morgan fingerprint density at radius 1 is 0.900 bits per heavy atom. The maximum atomic E-state index is 13.7. The fourth-order valence-corrected chi connectivity index (χ4v) is 2.18. The Kier molecular flexibility index (Phi) is 4.35. The van der Waals surface area contributed by atoms with Gasteiger partial charge in [-0.1, -0.05) is 23.8 Å². The minimum atomic E-state index is -0.319. The molecule has 0 amide bonds. The molecule has 0 saturated carbocycles. The van der Waals surface area contributed by atoms with Gasteiger partial charge in [0.25, 0.3) is 0 Å². The van der Waals surface area contributed by atoms with E-state index in [0.29, 0.717) is 10.8 Å². The van der Waals surface area contributed by atoms with Crippen LogP contribution in [0.1, 0.15) is 16.7 Å². The lowest BCUT2D eigenvalue weighted by Crippen LogP contribution is -2.20. The summed E-state index contributed by atoms with van der Waals surface area (Å²) >= 11 is 5.22. The summed E-state index contributed by atoms with van der Waals surface area (Å²) in [7, 11) is 0. The van der Waals surface area contributed by atoms with E-state index < -0.39 is 0 Å². The standard InChI is InChI=1S/C16H17FN2S/c1-10-5-7-14(12(3)8-10)18-16(20)19-15-9-11(2)4-6-13(15)17/h4-9H,1-3H3,(H2,18,19,20). The highest BCUT2D eigenvalue weighted by atomic mass is 32.1. The van der Waals surface area contributed by atoms with Crippen LogP contribution < -0.4 is 10.6 Å². The molecular weight excluding hydrogens is 271 g/mol. The Hall–Kier alpha value is -1.94. The van der Waals surface area contributed by atoms with Crippen molar-refractivity contribution in [2.75, 3.05) is 10.6 Å². The van der Waals surface area contributed by atoms with Gasteiger partial charge in [-0.25, -0.2) is 4.39 Å². The number of hydrogen-bond donors (Lipinski definition) is 2. The van der Waals surface area contributed by atoms with Gasteiger partial charge in [-0.05, 0) is 62.3 Å². The van der Waals surface area contributed by atoms with Crippen molar-refractivity contribution in [3.63, 3.8) is 0 Å². The molecule has 0 atom stereocenters. The van der Waals surface area contributed by atoms with Crippen LogP contribution >= 0.6 is 12.2 Å². The van der Waals surface area contributed by atoms with E-state index in [1.165, 1.54) is 11.6 Å². The van der Waals surface area contributed by atoms with Gasteiger partial charge < -0.3 is 10.6 Å². The lowest BCUT2D eigenvalue weighted by Gasteiger charge is -2.13. The van der Waals surface area contributed by atoms with E-state index in [2.05, 4.69) is 16.7 Å². The predicted molar refractivity (Wildman–Crippen MR) is 86.9 cm³/mol. The molecular formula is C16H17FN2S. The van der Waals surface area contributed by atoms with Crippen LogP contribution in [-0.4, -0.2) is 5.11 Å². The highest BCUT2D eigenvalue weighted by Crippen LogP contribution is 2.18. The van der Waals surface area contributed by atoms with Gasteiger partial charge >= 0.3 is 0 Å². The molecule has 20 heavy (non-hydrogen) atoms. The summed E-state index contributed by atoms with van der Waals surface area (Å²) in [6.07, 6.45) is 0. The maximum absolute atomic E-state index is 13.7. The van der Waals surface area contributed by atoms with Gasteiger partial charge in [0.2, 0.25) is 0 Å². The molecule has 0 bridgehead atoms. The molecule has 0 saturated heterocycles. The van der Waals surface area contributed by atoms with Crippen molar-refractivity contribution >= 4 is 28.7 Å². The molecule has 0 aliphatic heterocycles. The van der Waals surface area contributed by atoms with Crippen molar-refractivity contribution in [1.82, 2.24) is 0 Å². The average Bonchev–Trinajstić information content (AvgIpc) is 2.37. The van der Waals surface area contributed by atoms with Crippen LogP contribution in [0.4, 0.5) is 15.8 Å². The summed E-state index contributed by atoms with van der Waals surface area (Å²) in [6, 6.07) is 10.9. The normalized spacial score (nSPS) is 10.2. The lowest BCUT2D eigenvalue weighted by atomic mass is 10.1. The summed E-state index contributed by atoms with van der Waals surface area (Å²) < 4.78 is 13.7. The van der Waals surface area contributed by atoms with Crippen LogP contribution in [0.15, 0.2) is 36.4 Å². The second-order valence-corrected chi connectivity index (χ2v) is 5.29. The van der Waals surface area contributed by atoms with E-state index >= 15 is 0 Å². The number of rotatable bonds is 2.